The minimum atomic E-state index is 0. The second kappa shape index (κ2) is 7.32. The minimum Gasteiger partial charge on any atom is -0.103 e. The molecule has 2 aromatic rings. The number of hydrogen-bond acceptors (Lipinski definition) is 0. The van der Waals surface area contributed by atoms with Crippen LogP contribution in [0.1, 0.15) is 43.2 Å². The Balaban J connectivity index is 0.00000182. The van der Waals surface area contributed by atoms with E-state index in [0.29, 0.717) is 5.92 Å². The fourth-order valence-corrected chi connectivity index (χ4v) is 4.60. The van der Waals surface area contributed by atoms with Crippen molar-refractivity contribution in [1.82, 2.24) is 0 Å². The van der Waals surface area contributed by atoms with Gasteiger partial charge in [-0.2, -0.15) is 0 Å². The number of rotatable bonds is 5. The summed E-state index contributed by atoms with van der Waals surface area (Å²) in [6.07, 6.45) is 12.2. The van der Waals surface area contributed by atoms with Gasteiger partial charge in [0.2, 0.25) is 0 Å². The molecular formula is C24H24Ti. The standard InChI is InChI=1S/C24H24.Ti/c1-3-4-17-24(2,18-11-5-6-12-18)23-21-15-9-7-13-19(21)20-14-8-10-16-22(20)23;/h3,5-11,13-16,23H,1,4,12,17H2,2H3;. The summed E-state index contributed by atoms with van der Waals surface area (Å²) in [5.74, 6) is 0.427. The van der Waals surface area contributed by atoms with Gasteiger partial charge in [-0.25, -0.2) is 0 Å². The maximum Gasteiger partial charge on any atom is 0.0193 e. The van der Waals surface area contributed by atoms with E-state index >= 15 is 0 Å². The Morgan fingerprint density at radius 1 is 1.04 bits per heavy atom. The zero-order valence-corrected chi connectivity index (χ0v) is 16.4. The molecule has 0 amide bonds. The fraction of sp³-hybridized carbons (Fsp3) is 0.250. The Kier molecular flexibility index (Phi) is 5.32. The summed E-state index contributed by atoms with van der Waals surface area (Å²) < 4.78 is 0. The number of fused-ring (bicyclic) bond motifs is 3. The molecule has 2 aromatic carbocycles. The average Bonchev–Trinajstić information content (AvgIpc) is 3.26. The Hall–Kier alpha value is -1.63. The van der Waals surface area contributed by atoms with E-state index in [0.717, 1.165) is 19.3 Å². The first-order chi connectivity index (χ1) is 11.8. The second-order valence-electron chi connectivity index (χ2n) is 7.18. The van der Waals surface area contributed by atoms with Crippen molar-refractivity contribution in [2.75, 3.05) is 0 Å². The van der Waals surface area contributed by atoms with Crippen molar-refractivity contribution in [2.45, 2.75) is 32.1 Å². The van der Waals surface area contributed by atoms with Crippen LogP contribution < -0.4 is 0 Å². The molecule has 2 aliphatic carbocycles. The molecule has 0 radical (unpaired) electrons. The molecule has 1 unspecified atom stereocenters. The summed E-state index contributed by atoms with van der Waals surface area (Å²) >= 11 is 0. The van der Waals surface area contributed by atoms with Gasteiger partial charge in [0, 0.05) is 33.1 Å². The van der Waals surface area contributed by atoms with E-state index in [-0.39, 0.29) is 27.1 Å². The molecular weight excluding hydrogens is 336 g/mol. The van der Waals surface area contributed by atoms with E-state index in [4.69, 9.17) is 0 Å². The van der Waals surface area contributed by atoms with Gasteiger partial charge in [0.15, 0.2) is 0 Å². The van der Waals surface area contributed by atoms with Crippen molar-refractivity contribution in [2.24, 2.45) is 5.41 Å². The van der Waals surface area contributed by atoms with E-state index < -0.39 is 0 Å². The Morgan fingerprint density at radius 2 is 1.64 bits per heavy atom. The van der Waals surface area contributed by atoms with Crippen molar-refractivity contribution in [1.29, 1.82) is 0 Å². The molecule has 0 heterocycles. The van der Waals surface area contributed by atoms with Gasteiger partial charge in [-0.15, -0.1) is 6.58 Å². The van der Waals surface area contributed by atoms with E-state index in [2.05, 4.69) is 86.3 Å². The molecule has 0 aliphatic heterocycles. The van der Waals surface area contributed by atoms with Gasteiger partial charge in [-0.3, -0.25) is 0 Å². The number of benzene rings is 2. The molecule has 0 nitrogen and oxygen atoms in total. The van der Waals surface area contributed by atoms with E-state index in [1.54, 1.807) is 5.57 Å². The predicted octanol–water partition coefficient (Wildman–Crippen LogP) is 6.66. The first-order valence-electron chi connectivity index (χ1n) is 8.91. The first kappa shape index (κ1) is 18.2. The monoisotopic (exact) mass is 360 g/mol. The van der Waals surface area contributed by atoms with Gasteiger partial charge < -0.3 is 0 Å². The third kappa shape index (κ3) is 2.92. The molecule has 25 heavy (non-hydrogen) atoms. The number of allylic oxidation sites excluding steroid dienone is 5. The Morgan fingerprint density at radius 3 is 2.16 bits per heavy atom. The summed E-state index contributed by atoms with van der Waals surface area (Å²) in [5.41, 5.74) is 7.47. The first-order valence-corrected chi connectivity index (χ1v) is 8.91. The van der Waals surface area contributed by atoms with Gasteiger partial charge >= 0.3 is 0 Å². The minimum absolute atomic E-state index is 0. The maximum atomic E-state index is 3.97. The molecule has 1 heteroatoms. The van der Waals surface area contributed by atoms with Gasteiger partial charge in [-0.05, 0) is 41.5 Å². The van der Waals surface area contributed by atoms with Crippen LogP contribution in [0.4, 0.5) is 0 Å². The number of hydrogen-bond donors (Lipinski definition) is 0. The third-order valence-corrected chi connectivity index (χ3v) is 5.84. The smallest absolute Gasteiger partial charge is 0.0193 e. The van der Waals surface area contributed by atoms with Crippen LogP contribution in [0.3, 0.4) is 0 Å². The van der Waals surface area contributed by atoms with Crippen LogP contribution in [0.5, 0.6) is 0 Å². The molecule has 1 atom stereocenters. The quantitative estimate of drug-likeness (QED) is 0.413. The molecule has 0 fully saturated rings. The molecule has 0 aromatic heterocycles. The van der Waals surface area contributed by atoms with E-state index in [9.17, 15) is 0 Å². The summed E-state index contributed by atoms with van der Waals surface area (Å²) in [4.78, 5) is 0. The molecule has 4 rings (SSSR count). The largest absolute Gasteiger partial charge is 0.103 e. The molecule has 0 N–H and O–H groups in total. The van der Waals surface area contributed by atoms with Gasteiger partial charge in [0.05, 0.1) is 0 Å². The maximum absolute atomic E-state index is 3.97. The third-order valence-electron chi connectivity index (χ3n) is 5.84. The van der Waals surface area contributed by atoms with Crippen LogP contribution in [0.15, 0.2) is 85.0 Å². The molecule has 2 aliphatic rings. The Bertz CT molecular complexity index is 797. The predicted molar refractivity (Wildman–Crippen MR) is 103 cm³/mol. The summed E-state index contributed by atoms with van der Waals surface area (Å²) in [6.45, 7) is 6.43. The van der Waals surface area contributed by atoms with Gasteiger partial charge in [-0.1, -0.05) is 85.3 Å². The van der Waals surface area contributed by atoms with Crippen molar-refractivity contribution < 1.29 is 21.7 Å². The van der Waals surface area contributed by atoms with Crippen LogP contribution in [0, 0.1) is 5.41 Å². The topological polar surface area (TPSA) is 0 Å². The summed E-state index contributed by atoms with van der Waals surface area (Å²) in [7, 11) is 0. The Labute approximate surface area is 166 Å². The van der Waals surface area contributed by atoms with Crippen LogP contribution >= 0.6 is 0 Å². The molecule has 0 saturated heterocycles. The SMILES string of the molecule is C=CCCC(C)(C1=CC=CC1)C1c2ccccc2-c2ccccc21.[Ti]. The van der Waals surface area contributed by atoms with Crippen molar-refractivity contribution in [3.63, 3.8) is 0 Å². The second-order valence-corrected chi connectivity index (χ2v) is 7.18. The van der Waals surface area contributed by atoms with Crippen LogP contribution in [0.25, 0.3) is 11.1 Å². The van der Waals surface area contributed by atoms with Crippen molar-refractivity contribution in [3.8, 4) is 11.1 Å². The molecule has 0 spiro atoms. The fourth-order valence-electron chi connectivity index (χ4n) is 4.60. The molecule has 0 bridgehead atoms. The van der Waals surface area contributed by atoms with Crippen molar-refractivity contribution in [3.05, 3.63) is 96.1 Å². The normalized spacial score (nSPS) is 17.2. The van der Waals surface area contributed by atoms with Crippen LogP contribution in [-0.4, -0.2) is 0 Å². The van der Waals surface area contributed by atoms with Crippen LogP contribution in [0.2, 0.25) is 0 Å². The van der Waals surface area contributed by atoms with Gasteiger partial charge in [0.1, 0.15) is 0 Å². The van der Waals surface area contributed by atoms with E-state index in [1.165, 1.54) is 22.3 Å². The molecule has 0 saturated carbocycles. The van der Waals surface area contributed by atoms with Crippen molar-refractivity contribution >= 4 is 0 Å². The average molecular weight is 360 g/mol. The zero-order valence-electron chi connectivity index (χ0n) is 14.8. The van der Waals surface area contributed by atoms with Crippen LogP contribution in [-0.2, 0) is 21.7 Å². The molecule has 124 valence electrons. The summed E-state index contributed by atoms with van der Waals surface area (Å²) in [5, 5.41) is 0. The van der Waals surface area contributed by atoms with E-state index in [1.807, 2.05) is 0 Å². The zero-order chi connectivity index (χ0) is 16.6. The summed E-state index contributed by atoms with van der Waals surface area (Å²) in [6, 6.07) is 17.9. The van der Waals surface area contributed by atoms with Gasteiger partial charge in [0.25, 0.3) is 0 Å².